The van der Waals surface area contributed by atoms with Crippen molar-refractivity contribution in [2.24, 2.45) is 0 Å². The molecule has 25 heavy (non-hydrogen) atoms. The normalized spacial score (nSPS) is 11.7. The van der Waals surface area contributed by atoms with E-state index in [4.69, 9.17) is 9.84 Å². The molecule has 0 aromatic rings. The molecule has 0 radical (unpaired) electrons. The fourth-order valence-corrected chi connectivity index (χ4v) is 1.35. The summed E-state index contributed by atoms with van der Waals surface area (Å²) < 4.78 is 4.99. The lowest BCUT2D eigenvalue weighted by molar-refractivity contribution is -0.137. The van der Waals surface area contributed by atoms with E-state index in [1.54, 1.807) is 20.8 Å². The first-order chi connectivity index (χ1) is 11.4. The number of carboxylic acids is 1. The van der Waals surface area contributed by atoms with Gasteiger partial charge in [0.2, 0.25) is 17.7 Å². The van der Waals surface area contributed by atoms with E-state index in [2.05, 4.69) is 21.3 Å². The van der Waals surface area contributed by atoms with Gasteiger partial charge in [0.15, 0.2) is 0 Å². The Bertz CT molecular complexity index is 528. The number of ether oxygens (including phenoxy) is 1. The Hall–Kier alpha value is -2.85. The number of nitrogens with one attached hydrogen (secondary N) is 4. The van der Waals surface area contributed by atoms with Crippen molar-refractivity contribution in [2.45, 2.75) is 39.3 Å². The summed E-state index contributed by atoms with van der Waals surface area (Å²) in [6.45, 7) is 5.05. The molecule has 1 atom stereocenters. The Kier molecular flexibility index (Phi) is 8.95. The lowest BCUT2D eigenvalue weighted by Crippen LogP contribution is -2.49. The van der Waals surface area contributed by atoms with E-state index in [9.17, 15) is 24.0 Å². The van der Waals surface area contributed by atoms with Crippen LogP contribution in [-0.4, -0.2) is 66.2 Å². The highest BCUT2D eigenvalue weighted by atomic mass is 16.6. The monoisotopic (exact) mass is 360 g/mol. The fraction of sp³-hybridized carbons (Fsp3) is 0.643. The molecule has 0 aromatic carbocycles. The molecule has 1 unspecified atom stereocenters. The summed E-state index contributed by atoms with van der Waals surface area (Å²) >= 11 is 0. The predicted octanol–water partition coefficient (Wildman–Crippen LogP) is -1.67. The van der Waals surface area contributed by atoms with E-state index in [0.717, 1.165) is 0 Å². The van der Waals surface area contributed by atoms with Gasteiger partial charge in [-0.05, 0) is 27.7 Å². The van der Waals surface area contributed by atoms with Gasteiger partial charge in [-0.3, -0.25) is 19.2 Å². The number of aliphatic carboxylic acids is 1. The molecule has 0 heterocycles. The van der Waals surface area contributed by atoms with E-state index in [1.807, 2.05) is 0 Å². The van der Waals surface area contributed by atoms with Gasteiger partial charge in [0, 0.05) is 0 Å². The molecule has 5 N–H and O–H groups in total. The van der Waals surface area contributed by atoms with Crippen LogP contribution >= 0.6 is 0 Å². The van der Waals surface area contributed by atoms with Crippen molar-refractivity contribution in [2.75, 3.05) is 19.6 Å². The molecular weight excluding hydrogens is 336 g/mol. The lowest BCUT2D eigenvalue weighted by Gasteiger charge is -2.21. The third-order valence-corrected chi connectivity index (χ3v) is 2.43. The number of carbonyl (C=O) groups is 5. The van der Waals surface area contributed by atoms with Crippen LogP contribution in [0.3, 0.4) is 0 Å². The van der Waals surface area contributed by atoms with Gasteiger partial charge < -0.3 is 31.1 Å². The van der Waals surface area contributed by atoms with E-state index < -0.39 is 61.1 Å². The number of alkyl carbamates (subject to hydrolysis) is 1. The standard InChI is InChI=1S/C14H24N4O7/c1-8(18-13(24)25-14(2,3)4)12(23)17-6-10(20)15-5-9(19)16-7-11(21)22/h8H,5-7H2,1-4H3,(H,15,20)(H,16,19)(H,17,23)(H,18,24)(H,21,22). The molecule has 11 heteroatoms. The van der Waals surface area contributed by atoms with Crippen molar-refractivity contribution in [1.29, 1.82) is 0 Å². The number of hydrogen-bond acceptors (Lipinski definition) is 6. The van der Waals surface area contributed by atoms with Crippen LogP contribution in [0.2, 0.25) is 0 Å². The van der Waals surface area contributed by atoms with Gasteiger partial charge >= 0.3 is 12.1 Å². The van der Waals surface area contributed by atoms with E-state index >= 15 is 0 Å². The highest BCUT2D eigenvalue weighted by molar-refractivity contribution is 5.91. The Morgan fingerprint density at radius 1 is 0.920 bits per heavy atom. The number of carbonyl (C=O) groups excluding carboxylic acids is 4. The van der Waals surface area contributed by atoms with Crippen molar-refractivity contribution in [3.8, 4) is 0 Å². The molecule has 4 amide bonds. The van der Waals surface area contributed by atoms with Gasteiger partial charge in [0.1, 0.15) is 18.2 Å². The largest absolute Gasteiger partial charge is 0.480 e. The summed E-state index contributed by atoms with van der Waals surface area (Å²) in [5, 5.41) is 17.2. The van der Waals surface area contributed by atoms with E-state index in [0.29, 0.717) is 0 Å². The topological polar surface area (TPSA) is 163 Å². The second-order valence-electron chi connectivity index (χ2n) is 6.03. The molecule has 0 aliphatic carbocycles. The van der Waals surface area contributed by atoms with E-state index in [-0.39, 0.29) is 0 Å². The van der Waals surface area contributed by atoms with Crippen LogP contribution < -0.4 is 21.3 Å². The van der Waals surface area contributed by atoms with Crippen LogP contribution in [0.5, 0.6) is 0 Å². The number of carboxylic acid groups (broad SMARTS) is 1. The average Bonchev–Trinajstić information content (AvgIpc) is 2.46. The van der Waals surface area contributed by atoms with Crippen molar-refractivity contribution in [3.05, 3.63) is 0 Å². The van der Waals surface area contributed by atoms with Crippen molar-refractivity contribution in [1.82, 2.24) is 21.3 Å². The second kappa shape index (κ2) is 10.1. The molecule has 0 bridgehead atoms. The number of hydrogen-bond donors (Lipinski definition) is 5. The minimum Gasteiger partial charge on any atom is -0.480 e. The summed E-state index contributed by atoms with van der Waals surface area (Å²) in [6, 6.07) is -0.929. The second-order valence-corrected chi connectivity index (χ2v) is 6.03. The zero-order chi connectivity index (χ0) is 19.6. The summed E-state index contributed by atoms with van der Waals surface area (Å²) in [5.41, 5.74) is -0.707. The first-order valence-electron chi connectivity index (χ1n) is 7.43. The molecule has 0 aliphatic rings. The molecule has 0 spiro atoms. The number of rotatable bonds is 8. The Balaban J connectivity index is 4.07. The Morgan fingerprint density at radius 3 is 1.88 bits per heavy atom. The van der Waals surface area contributed by atoms with Crippen molar-refractivity contribution < 1.29 is 33.8 Å². The predicted molar refractivity (Wildman–Crippen MR) is 85.5 cm³/mol. The molecule has 0 aliphatic heterocycles. The smallest absolute Gasteiger partial charge is 0.408 e. The molecular formula is C14H24N4O7. The minimum atomic E-state index is -1.21. The summed E-state index contributed by atoms with van der Waals surface area (Å²) in [5.74, 6) is -3.15. The van der Waals surface area contributed by atoms with Crippen molar-refractivity contribution in [3.63, 3.8) is 0 Å². The Labute approximate surface area is 144 Å². The van der Waals surface area contributed by atoms with Gasteiger partial charge in [-0.15, -0.1) is 0 Å². The van der Waals surface area contributed by atoms with Crippen LogP contribution in [-0.2, 0) is 23.9 Å². The molecule has 0 aromatic heterocycles. The average molecular weight is 360 g/mol. The highest BCUT2D eigenvalue weighted by Crippen LogP contribution is 2.06. The van der Waals surface area contributed by atoms with Gasteiger partial charge in [-0.1, -0.05) is 0 Å². The molecule has 0 rings (SSSR count). The molecule has 0 saturated heterocycles. The van der Waals surface area contributed by atoms with Gasteiger partial charge in [0.25, 0.3) is 0 Å². The van der Waals surface area contributed by atoms with E-state index in [1.165, 1.54) is 6.92 Å². The minimum absolute atomic E-state index is 0.411. The summed E-state index contributed by atoms with van der Waals surface area (Å²) in [6.07, 6.45) is -0.769. The SMILES string of the molecule is CC(NC(=O)OC(C)(C)C)C(=O)NCC(=O)NCC(=O)NCC(=O)O. The maximum atomic E-state index is 11.8. The molecule has 142 valence electrons. The fourth-order valence-electron chi connectivity index (χ4n) is 1.35. The maximum absolute atomic E-state index is 11.8. The van der Waals surface area contributed by atoms with Gasteiger partial charge in [-0.25, -0.2) is 4.79 Å². The third-order valence-electron chi connectivity index (χ3n) is 2.43. The van der Waals surface area contributed by atoms with Crippen LogP contribution in [0.15, 0.2) is 0 Å². The Morgan fingerprint density at radius 2 is 1.40 bits per heavy atom. The zero-order valence-electron chi connectivity index (χ0n) is 14.6. The van der Waals surface area contributed by atoms with Crippen LogP contribution in [0, 0.1) is 0 Å². The first kappa shape index (κ1) is 22.1. The van der Waals surface area contributed by atoms with Crippen LogP contribution in [0.1, 0.15) is 27.7 Å². The van der Waals surface area contributed by atoms with Crippen molar-refractivity contribution >= 4 is 29.8 Å². The summed E-state index contributed by atoms with van der Waals surface area (Å²) in [4.78, 5) is 56.2. The first-order valence-corrected chi connectivity index (χ1v) is 7.43. The molecule has 0 fully saturated rings. The molecule has 11 nitrogen and oxygen atoms in total. The van der Waals surface area contributed by atoms with Gasteiger partial charge in [-0.2, -0.15) is 0 Å². The lowest BCUT2D eigenvalue weighted by atomic mass is 10.2. The summed E-state index contributed by atoms with van der Waals surface area (Å²) in [7, 11) is 0. The quantitative estimate of drug-likeness (QED) is 0.345. The van der Waals surface area contributed by atoms with Crippen LogP contribution in [0.4, 0.5) is 4.79 Å². The highest BCUT2D eigenvalue weighted by Gasteiger charge is 2.21. The maximum Gasteiger partial charge on any atom is 0.408 e. The number of amides is 4. The zero-order valence-corrected chi connectivity index (χ0v) is 14.6. The third kappa shape index (κ3) is 12.3. The van der Waals surface area contributed by atoms with Gasteiger partial charge in [0.05, 0.1) is 13.1 Å². The van der Waals surface area contributed by atoms with Crippen LogP contribution in [0.25, 0.3) is 0 Å². The molecule has 0 saturated carbocycles.